The first-order valence-electron chi connectivity index (χ1n) is 12.4. The molecule has 2 fully saturated rings. The molecule has 0 aliphatic heterocycles. The van der Waals surface area contributed by atoms with Crippen molar-refractivity contribution in [1.82, 2.24) is 4.90 Å². The molecule has 0 heterocycles. The maximum Gasteiger partial charge on any atom is 2.00 e. The van der Waals surface area contributed by atoms with Gasteiger partial charge in [-0.15, -0.1) is 0 Å². The molecular weight excluding hydrogens is 461 g/mol. The van der Waals surface area contributed by atoms with Gasteiger partial charge in [-0.3, -0.25) is 0 Å². The molecule has 1 nitrogen and oxygen atoms in total. The van der Waals surface area contributed by atoms with Gasteiger partial charge in [0.05, 0.1) is 0 Å². The van der Waals surface area contributed by atoms with E-state index in [1.807, 2.05) is 0 Å². The van der Waals surface area contributed by atoms with Crippen molar-refractivity contribution < 1.29 is 17.1 Å². The summed E-state index contributed by atoms with van der Waals surface area (Å²) in [6.45, 7) is 10.7. The summed E-state index contributed by atoms with van der Waals surface area (Å²) in [6.07, 6.45) is 10.3. The molecule has 33 heavy (non-hydrogen) atoms. The average molecular weight is 510 g/mol. The van der Waals surface area contributed by atoms with Crippen LogP contribution in [0.3, 0.4) is 0 Å². The molecule has 2 aliphatic carbocycles. The van der Waals surface area contributed by atoms with Gasteiger partial charge in [0.15, 0.2) is 0 Å². The largest absolute Gasteiger partial charge is 2.00 e. The number of benzene rings is 2. The fourth-order valence-electron chi connectivity index (χ4n) is 5.32. The van der Waals surface area contributed by atoms with Gasteiger partial charge in [0.1, 0.15) is 0 Å². The summed E-state index contributed by atoms with van der Waals surface area (Å²) in [5, 5.41) is 3.10. The van der Waals surface area contributed by atoms with Gasteiger partial charge in [-0.05, 0) is 62.0 Å². The monoisotopic (exact) mass is 509 g/mol. The Labute approximate surface area is 218 Å². The minimum atomic E-state index is -0.298. The van der Waals surface area contributed by atoms with Crippen molar-refractivity contribution in [1.29, 1.82) is 0 Å². The molecule has 186 valence electrons. The van der Waals surface area contributed by atoms with Crippen LogP contribution >= 0.6 is 7.92 Å². The molecule has 0 amide bonds. The van der Waals surface area contributed by atoms with Gasteiger partial charge < -0.3 is 19.8 Å². The Morgan fingerprint density at radius 3 is 1.55 bits per heavy atom. The number of rotatable bonds is 7. The van der Waals surface area contributed by atoms with Crippen molar-refractivity contribution in [3.8, 4) is 0 Å². The predicted octanol–water partition coefficient (Wildman–Crippen LogP) is 7.72. The Kier molecular flexibility index (Phi) is 17.4. The summed E-state index contributed by atoms with van der Waals surface area (Å²) < 4.78 is 0. The molecule has 0 saturated heterocycles. The fourth-order valence-corrected chi connectivity index (χ4v) is 8.61. The van der Waals surface area contributed by atoms with Crippen LogP contribution in [0, 0.1) is 26.7 Å². The summed E-state index contributed by atoms with van der Waals surface area (Å²) in [5.41, 5.74) is 0.792. The second-order valence-electron chi connectivity index (χ2n) is 9.10. The summed E-state index contributed by atoms with van der Waals surface area (Å²) in [5.74, 6) is 1.63. The van der Waals surface area contributed by atoms with Crippen molar-refractivity contribution in [3.05, 3.63) is 75.5 Å². The number of nitrogens with zero attached hydrogens (tertiary/aromatic N) is 1. The molecule has 2 aliphatic rings. The molecule has 0 bridgehead atoms. The van der Waals surface area contributed by atoms with E-state index in [2.05, 4.69) is 86.3 Å². The minimum Gasteiger partial charge on any atom is -0.358 e. The van der Waals surface area contributed by atoms with E-state index in [-0.39, 0.29) is 39.8 Å². The van der Waals surface area contributed by atoms with Gasteiger partial charge in [0, 0.05) is 6.54 Å². The first kappa shape index (κ1) is 32.3. The van der Waals surface area contributed by atoms with E-state index in [9.17, 15) is 0 Å². The van der Waals surface area contributed by atoms with Crippen LogP contribution in [-0.2, 0) is 17.1 Å². The standard InChI is InChI=1S/C23H32NP.C5H10.2CH3.Fe/c1-4-24(5-2)18-20-17-16-19(3)23(20)25(21-12-8-6-9-13-21)22-14-10-7-11-15-22;1-2-4-5-3-1;;;/h6-15,19-20,23H,4-5,16-18H2,1-3H3;1-5H2;2*1H3;/q;;2*-1;+2. The van der Waals surface area contributed by atoms with Crippen LogP contribution < -0.4 is 10.6 Å². The third-order valence-corrected chi connectivity index (χ3v) is 10.3. The van der Waals surface area contributed by atoms with Crippen LogP contribution in [-0.4, -0.2) is 30.2 Å². The van der Waals surface area contributed by atoms with Crippen molar-refractivity contribution in [3.63, 3.8) is 0 Å². The van der Waals surface area contributed by atoms with E-state index >= 15 is 0 Å². The van der Waals surface area contributed by atoms with E-state index < -0.39 is 0 Å². The fraction of sp³-hybridized carbons (Fsp3) is 0.533. The topological polar surface area (TPSA) is 3.24 Å². The summed E-state index contributed by atoms with van der Waals surface area (Å²) in [7, 11) is -0.298. The molecule has 0 N–H and O–H groups in total. The Balaban J connectivity index is 0.00000114. The van der Waals surface area contributed by atoms with E-state index in [1.54, 1.807) is 10.6 Å². The molecule has 0 spiro atoms. The van der Waals surface area contributed by atoms with Crippen molar-refractivity contribution >= 4 is 18.5 Å². The van der Waals surface area contributed by atoms with E-state index in [0.717, 1.165) is 17.5 Å². The van der Waals surface area contributed by atoms with Gasteiger partial charge in [-0.25, -0.2) is 0 Å². The Bertz CT molecular complexity index is 653. The van der Waals surface area contributed by atoms with E-state index in [0.29, 0.717) is 0 Å². The third kappa shape index (κ3) is 9.49. The molecule has 4 rings (SSSR count). The number of hydrogen-bond acceptors (Lipinski definition) is 1. The van der Waals surface area contributed by atoms with Crippen molar-refractivity contribution in [2.24, 2.45) is 11.8 Å². The quantitative estimate of drug-likeness (QED) is 0.210. The van der Waals surface area contributed by atoms with Crippen LogP contribution in [0.2, 0.25) is 0 Å². The zero-order valence-electron chi connectivity index (χ0n) is 21.8. The maximum atomic E-state index is 2.62. The van der Waals surface area contributed by atoms with Crippen LogP contribution in [0.5, 0.6) is 0 Å². The molecular formula is C30H48FeNP. The second-order valence-corrected chi connectivity index (χ2v) is 11.5. The molecule has 2 aromatic carbocycles. The van der Waals surface area contributed by atoms with Gasteiger partial charge >= 0.3 is 17.1 Å². The van der Waals surface area contributed by atoms with Crippen LogP contribution in [0.25, 0.3) is 0 Å². The first-order valence-corrected chi connectivity index (χ1v) is 13.8. The van der Waals surface area contributed by atoms with Crippen LogP contribution in [0.15, 0.2) is 60.7 Å². The van der Waals surface area contributed by atoms with Gasteiger partial charge in [-0.2, -0.15) is 0 Å². The van der Waals surface area contributed by atoms with Gasteiger partial charge in [0.25, 0.3) is 0 Å². The Hall–Kier alpha value is -0.651. The smallest absolute Gasteiger partial charge is 0.358 e. The average Bonchev–Trinajstić information content (AvgIpc) is 3.49. The SMILES string of the molecule is C1CCCC1.CCN(CC)CC1CCC(C)C1P(c1ccccc1)c1ccccc1.[CH3-].[CH3-].[Fe+2]. The minimum absolute atomic E-state index is 0. The molecule has 0 aromatic heterocycles. The summed E-state index contributed by atoms with van der Waals surface area (Å²) >= 11 is 0. The predicted molar refractivity (Wildman–Crippen MR) is 148 cm³/mol. The zero-order chi connectivity index (χ0) is 21.2. The van der Waals surface area contributed by atoms with Crippen LogP contribution in [0.4, 0.5) is 0 Å². The number of hydrogen-bond donors (Lipinski definition) is 0. The van der Waals surface area contributed by atoms with Gasteiger partial charge in [0.2, 0.25) is 0 Å². The molecule has 0 radical (unpaired) electrons. The second kappa shape index (κ2) is 17.7. The maximum absolute atomic E-state index is 2.62. The van der Waals surface area contributed by atoms with E-state index in [4.69, 9.17) is 0 Å². The normalized spacial score (nSPS) is 21.4. The molecule has 2 saturated carbocycles. The van der Waals surface area contributed by atoms with Crippen LogP contribution in [0.1, 0.15) is 65.7 Å². The Morgan fingerprint density at radius 2 is 1.15 bits per heavy atom. The first-order chi connectivity index (χ1) is 14.7. The van der Waals surface area contributed by atoms with Gasteiger partial charge in [-0.1, -0.05) is 114 Å². The van der Waals surface area contributed by atoms with E-state index in [1.165, 1.54) is 64.6 Å². The van der Waals surface area contributed by atoms with Crippen molar-refractivity contribution in [2.45, 2.75) is 71.4 Å². The summed E-state index contributed by atoms with van der Waals surface area (Å²) in [4.78, 5) is 2.62. The zero-order valence-corrected chi connectivity index (χ0v) is 23.8. The molecule has 3 unspecified atom stereocenters. The molecule has 2 aromatic rings. The summed E-state index contributed by atoms with van der Waals surface area (Å²) in [6, 6.07) is 22.6. The Morgan fingerprint density at radius 1 is 0.727 bits per heavy atom. The molecule has 3 heteroatoms. The van der Waals surface area contributed by atoms with Crippen molar-refractivity contribution in [2.75, 3.05) is 19.6 Å². The third-order valence-electron chi connectivity index (χ3n) is 7.06. The molecule has 3 atom stereocenters.